The molecule has 0 radical (unpaired) electrons. The summed E-state index contributed by atoms with van der Waals surface area (Å²) in [6.45, 7) is 0.541. The number of rotatable bonds is 5. The molecule has 2 rings (SSSR count). The molecule has 2 heterocycles. The van der Waals surface area contributed by atoms with Crippen LogP contribution in [0.15, 0.2) is 12.3 Å². The average Bonchev–Trinajstić information content (AvgIpc) is 3.00. The van der Waals surface area contributed by atoms with Gasteiger partial charge in [0.05, 0.1) is 17.8 Å². The molecule has 0 saturated heterocycles. The van der Waals surface area contributed by atoms with Crippen LogP contribution in [0.3, 0.4) is 0 Å². The van der Waals surface area contributed by atoms with Crippen LogP contribution in [0, 0.1) is 0 Å². The van der Waals surface area contributed by atoms with Gasteiger partial charge in [0.15, 0.2) is 5.69 Å². The Hall–Kier alpha value is -2.06. The first-order valence-electron chi connectivity index (χ1n) is 5.82. The van der Waals surface area contributed by atoms with Gasteiger partial charge in [-0.15, -0.1) is 5.10 Å². The molecule has 0 aliphatic carbocycles. The number of hydrogen-bond acceptors (Lipinski definition) is 4. The summed E-state index contributed by atoms with van der Waals surface area (Å²) >= 11 is 11.7. The van der Waals surface area contributed by atoms with E-state index < -0.39 is 5.97 Å². The highest BCUT2D eigenvalue weighted by Gasteiger charge is 2.15. The largest absolute Gasteiger partial charge is 0.476 e. The van der Waals surface area contributed by atoms with Gasteiger partial charge >= 0.3 is 5.97 Å². The fourth-order valence-electron chi connectivity index (χ4n) is 1.64. The first-order chi connectivity index (χ1) is 9.90. The molecule has 10 heteroatoms. The molecule has 0 spiro atoms. The first kappa shape index (κ1) is 15.3. The smallest absolute Gasteiger partial charge is 0.358 e. The van der Waals surface area contributed by atoms with Gasteiger partial charge < -0.3 is 15.0 Å². The molecule has 2 N–H and O–H groups in total. The van der Waals surface area contributed by atoms with E-state index >= 15 is 0 Å². The van der Waals surface area contributed by atoms with Gasteiger partial charge in [0.2, 0.25) is 0 Å². The molecule has 2 aromatic heterocycles. The molecule has 21 heavy (non-hydrogen) atoms. The summed E-state index contributed by atoms with van der Waals surface area (Å²) in [5, 5.41) is 19.0. The lowest BCUT2D eigenvalue weighted by atomic mass is 10.4. The maximum absolute atomic E-state index is 11.9. The monoisotopic (exact) mass is 331 g/mol. The predicted octanol–water partition coefficient (Wildman–Crippen LogP) is 1.05. The fraction of sp³-hybridized carbons (Fsp3) is 0.273. The second-order valence-electron chi connectivity index (χ2n) is 4.16. The Morgan fingerprint density at radius 2 is 2.14 bits per heavy atom. The normalized spacial score (nSPS) is 10.6. The second-order valence-corrected chi connectivity index (χ2v) is 4.92. The minimum atomic E-state index is -1.15. The highest BCUT2D eigenvalue weighted by molar-refractivity contribution is 6.41. The first-order valence-corrected chi connectivity index (χ1v) is 6.58. The molecule has 8 nitrogen and oxygen atoms in total. The molecule has 112 valence electrons. The van der Waals surface area contributed by atoms with Crippen molar-refractivity contribution in [2.75, 3.05) is 6.54 Å². The van der Waals surface area contributed by atoms with E-state index in [4.69, 9.17) is 28.3 Å². The van der Waals surface area contributed by atoms with E-state index in [1.165, 1.54) is 21.5 Å². The summed E-state index contributed by atoms with van der Waals surface area (Å²) in [5.41, 5.74) is 0.178. The second kappa shape index (κ2) is 6.15. The molecule has 0 saturated carbocycles. The van der Waals surface area contributed by atoms with E-state index in [2.05, 4.69) is 15.6 Å². The Morgan fingerprint density at radius 3 is 2.67 bits per heavy atom. The van der Waals surface area contributed by atoms with Gasteiger partial charge in [-0.05, 0) is 6.07 Å². The van der Waals surface area contributed by atoms with Crippen LogP contribution in [0.25, 0.3) is 0 Å². The van der Waals surface area contributed by atoms with Crippen LogP contribution < -0.4 is 5.32 Å². The molecule has 0 atom stereocenters. The molecule has 0 aromatic carbocycles. The minimum Gasteiger partial charge on any atom is -0.476 e. The Kier molecular flexibility index (Phi) is 4.49. The highest BCUT2D eigenvalue weighted by Crippen LogP contribution is 2.24. The lowest BCUT2D eigenvalue weighted by Crippen LogP contribution is -2.28. The number of amides is 1. The Morgan fingerprint density at radius 1 is 1.43 bits per heavy atom. The maximum atomic E-state index is 11.9. The zero-order chi connectivity index (χ0) is 15.6. The van der Waals surface area contributed by atoms with Crippen LogP contribution >= 0.6 is 23.2 Å². The van der Waals surface area contributed by atoms with Crippen molar-refractivity contribution >= 4 is 35.1 Å². The van der Waals surface area contributed by atoms with Crippen LogP contribution in [0.2, 0.25) is 10.2 Å². The topological polar surface area (TPSA) is 102 Å². The summed E-state index contributed by atoms with van der Waals surface area (Å²) in [7, 11) is 1.62. The number of carbonyl (C=O) groups excluding carboxylic acids is 1. The third-order valence-electron chi connectivity index (χ3n) is 2.73. The SMILES string of the molecule is Cn1c(C(=O)NCCn2cc(C(=O)O)nn2)cc(Cl)c1Cl. The van der Waals surface area contributed by atoms with Crippen LogP contribution in [0.1, 0.15) is 21.0 Å². The molecule has 2 aromatic rings. The molecule has 0 aliphatic heterocycles. The predicted molar refractivity (Wildman–Crippen MR) is 74.7 cm³/mol. The van der Waals surface area contributed by atoms with Crippen molar-refractivity contribution in [2.45, 2.75) is 6.54 Å². The molecule has 0 fully saturated rings. The maximum Gasteiger partial charge on any atom is 0.358 e. The van der Waals surface area contributed by atoms with Crippen molar-refractivity contribution in [3.63, 3.8) is 0 Å². The summed E-state index contributed by atoms with van der Waals surface area (Å²) in [6, 6.07) is 1.47. The van der Waals surface area contributed by atoms with Crippen molar-refractivity contribution in [1.82, 2.24) is 24.9 Å². The van der Waals surface area contributed by atoms with Gasteiger partial charge in [0.1, 0.15) is 10.8 Å². The van der Waals surface area contributed by atoms with E-state index in [-0.39, 0.29) is 29.8 Å². The molecule has 0 bridgehead atoms. The number of carboxylic acid groups (broad SMARTS) is 1. The Balaban J connectivity index is 1.92. The zero-order valence-corrected chi connectivity index (χ0v) is 12.4. The minimum absolute atomic E-state index is 0.151. The van der Waals surface area contributed by atoms with Crippen LogP contribution in [0.5, 0.6) is 0 Å². The van der Waals surface area contributed by atoms with Gasteiger partial charge in [0, 0.05) is 13.6 Å². The van der Waals surface area contributed by atoms with Crippen molar-refractivity contribution in [3.8, 4) is 0 Å². The molecular formula is C11H11Cl2N5O3. The number of aromatic nitrogens is 4. The van der Waals surface area contributed by atoms with Gasteiger partial charge in [-0.3, -0.25) is 4.79 Å². The third kappa shape index (κ3) is 3.34. The lowest BCUT2D eigenvalue weighted by Gasteiger charge is -2.06. The van der Waals surface area contributed by atoms with E-state index in [9.17, 15) is 9.59 Å². The average molecular weight is 332 g/mol. The van der Waals surface area contributed by atoms with Crippen LogP contribution in [0.4, 0.5) is 0 Å². The number of hydrogen-bond donors (Lipinski definition) is 2. The van der Waals surface area contributed by atoms with Crippen LogP contribution in [-0.4, -0.2) is 43.1 Å². The van der Waals surface area contributed by atoms with E-state index in [0.29, 0.717) is 10.7 Å². The Bertz CT molecular complexity index is 694. The quantitative estimate of drug-likeness (QED) is 0.852. The van der Waals surface area contributed by atoms with Crippen LogP contribution in [-0.2, 0) is 13.6 Å². The summed E-state index contributed by atoms with van der Waals surface area (Å²) < 4.78 is 2.80. The molecule has 0 unspecified atom stereocenters. The summed E-state index contributed by atoms with van der Waals surface area (Å²) in [5.74, 6) is -1.50. The van der Waals surface area contributed by atoms with Crippen molar-refractivity contribution in [1.29, 1.82) is 0 Å². The van der Waals surface area contributed by atoms with Crippen molar-refractivity contribution in [2.24, 2.45) is 7.05 Å². The molecule has 1 amide bonds. The number of nitrogens with zero attached hydrogens (tertiary/aromatic N) is 4. The lowest BCUT2D eigenvalue weighted by molar-refractivity contribution is 0.0690. The number of carboxylic acids is 1. The van der Waals surface area contributed by atoms with Gasteiger partial charge in [-0.2, -0.15) is 0 Å². The number of carbonyl (C=O) groups is 2. The zero-order valence-electron chi connectivity index (χ0n) is 10.9. The fourth-order valence-corrected chi connectivity index (χ4v) is 2.02. The van der Waals surface area contributed by atoms with E-state index in [1.807, 2.05) is 0 Å². The van der Waals surface area contributed by atoms with Gasteiger partial charge in [0.25, 0.3) is 5.91 Å². The number of nitrogens with one attached hydrogen (secondary N) is 1. The molecule has 0 aliphatic rings. The summed E-state index contributed by atoms with van der Waals surface area (Å²) in [4.78, 5) is 22.6. The van der Waals surface area contributed by atoms with E-state index in [1.54, 1.807) is 7.05 Å². The molecular weight excluding hydrogens is 321 g/mol. The number of halogens is 2. The third-order valence-corrected chi connectivity index (χ3v) is 3.58. The Labute approximate surface area is 129 Å². The van der Waals surface area contributed by atoms with Crippen molar-refractivity contribution in [3.05, 3.63) is 33.8 Å². The summed E-state index contributed by atoms with van der Waals surface area (Å²) in [6.07, 6.45) is 1.28. The van der Waals surface area contributed by atoms with Crippen molar-refractivity contribution < 1.29 is 14.7 Å². The highest BCUT2D eigenvalue weighted by atomic mass is 35.5. The number of aromatic carboxylic acids is 1. The van der Waals surface area contributed by atoms with Gasteiger partial charge in [-0.1, -0.05) is 28.4 Å². The van der Waals surface area contributed by atoms with Gasteiger partial charge in [-0.25, -0.2) is 9.48 Å². The van der Waals surface area contributed by atoms with E-state index in [0.717, 1.165) is 0 Å². The standard InChI is InChI=1S/C11H11Cl2N5O3/c1-17-8(4-6(12)9(17)13)10(19)14-2-3-18-5-7(11(20)21)15-16-18/h4-5H,2-3H2,1H3,(H,14,19)(H,20,21).